The van der Waals surface area contributed by atoms with E-state index in [-0.39, 0.29) is 0 Å². The fourth-order valence-corrected chi connectivity index (χ4v) is 4.00. The molecule has 9 heteroatoms. The number of nitrogens with one attached hydrogen (secondary N) is 2. The molecule has 0 atom stereocenters. The molecule has 0 unspecified atom stereocenters. The number of hydrogen-bond donors (Lipinski definition) is 2. The highest BCUT2D eigenvalue weighted by Crippen LogP contribution is 2.20. The lowest BCUT2D eigenvalue weighted by atomic mass is 10.2. The number of aromatic nitrogens is 3. The van der Waals surface area contributed by atoms with Gasteiger partial charge in [0.25, 0.3) is 0 Å². The first kappa shape index (κ1) is 22.7. The summed E-state index contributed by atoms with van der Waals surface area (Å²) in [5, 5.41) is 11.9. The van der Waals surface area contributed by atoms with Gasteiger partial charge in [-0.05, 0) is 51.0 Å². The fourth-order valence-electron chi connectivity index (χ4n) is 3.12. The summed E-state index contributed by atoms with van der Waals surface area (Å²) in [7, 11) is 3.43. The van der Waals surface area contributed by atoms with Crippen LogP contribution in [0.25, 0.3) is 11.4 Å². The molecule has 0 spiro atoms. The minimum Gasteiger partial charge on any atom is -0.497 e. The molecule has 0 aliphatic carbocycles. The average molecular weight is 443 g/mol. The molecule has 2 aromatic heterocycles. The number of hydrogen-bond acceptors (Lipinski definition) is 7. The normalized spacial score (nSPS) is 11.5. The van der Waals surface area contributed by atoms with E-state index in [9.17, 15) is 0 Å². The van der Waals surface area contributed by atoms with Crippen molar-refractivity contribution in [2.75, 3.05) is 20.7 Å². The second kappa shape index (κ2) is 11.5. The van der Waals surface area contributed by atoms with Crippen molar-refractivity contribution in [1.82, 2.24) is 25.8 Å². The van der Waals surface area contributed by atoms with Crippen molar-refractivity contribution < 1.29 is 9.26 Å². The molecule has 0 saturated carbocycles. The van der Waals surface area contributed by atoms with Gasteiger partial charge in [-0.1, -0.05) is 11.6 Å². The predicted molar refractivity (Wildman–Crippen MR) is 124 cm³/mol. The average Bonchev–Trinajstić information content (AvgIpc) is 3.38. The molecule has 31 heavy (non-hydrogen) atoms. The summed E-state index contributed by atoms with van der Waals surface area (Å²) in [4.78, 5) is 14.5. The van der Waals surface area contributed by atoms with E-state index in [1.54, 1.807) is 25.5 Å². The molecule has 0 amide bonds. The van der Waals surface area contributed by atoms with Gasteiger partial charge in [0, 0.05) is 30.5 Å². The highest BCUT2D eigenvalue weighted by molar-refractivity contribution is 7.11. The molecule has 0 fully saturated rings. The van der Waals surface area contributed by atoms with E-state index in [0.29, 0.717) is 11.7 Å². The number of unbranched alkanes of at least 4 members (excludes halogenated alkanes) is 2. The molecule has 0 bridgehead atoms. The van der Waals surface area contributed by atoms with Crippen molar-refractivity contribution in [1.29, 1.82) is 0 Å². The molecule has 2 heterocycles. The van der Waals surface area contributed by atoms with Crippen LogP contribution in [0, 0.1) is 13.8 Å². The predicted octanol–water partition coefficient (Wildman–Crippen LogP) is 3.90. The van der Waals surface area contributed by atoms with Crippen molar-refractivity contribution >= 4 is 17.3 Å². The molecule has 8 nitrogen and oxygen atoms in total. The Morgan fingerprint density at radius 3 is 2.58 bits per heavy atom. The van der Waals surface area contributed by atoms with E-state index < -0.39 is 0 Å². The van der Waals surface area contributed by atoms with Gasteiger partial charge in [0.15, 0.2) is 5.96 Å². The Morgan fingerprint density at radius 1 is 1.10 bits per heavy atom. The second-order valence-corrected chi connectivity index (χ2v) is 8.43. The van der Waals surface area contributed by atoms with E-state index in [0.717, 1.165) is 66.7 Å². The summed E-state index contributed by atoms with van der Waals surface area (Å²) in [5.74, 6) is 2.90. The number of ether oxygens (including phenoxy) is 1. The smallest absolute Gasteiger partial charge is 0.226 e. The van der Waals surface area contributed by atoms with Crippen molar-refractivity contribution in [2.45, 2.75) is 46.1 Å². The number of thiazole rings is 1. The first-order chi connectivity index (χ1) is 15.1. The van der Waals surface area contributed by atoms with E-state index >= 15 is 0 Å². The SMILES string of the molecule is CN=C(NCCCCCc1nc(-c2ccc(OC)cc2)no1)NCc1sc(C)nc1C. The van der Waals surface area contributed by atoms with Crippen LogP contribution in [0.1, 0.15) is 40.7 Å². The van der Waals surface area contributed by atoms with Crippen molar-refractivity contribution in [3.8, 4) is 17.1 Å². The Kier molecular flexibility index (Phi) is 8.40. The molecule has 0 saturated heterocycles. The van der Waals surface area contributed by atoms with E-state index in [1.165, 1.54) is 4.88 Å². The lowest BCUT2D eigenvalue weighted by Gasteiger charge is -2.11. The van der Waals surface area contributed by atoms with E-state index in [2.05, 4.69) is 30.8 Å². The zero-order valence-corrected chi connectivity index (χ0v) is 19.4. The van der Waals surface area contributed by atoms with Gasteiger partial charge in [0.2, 0.25) is 11.7 Å². The van der Waals surface area contributed by atoms with Crippen LogP contribution in [0.4, 0.5) is 0 Å². The maximum atomic E-state index is 5.38. The van der Waals surface area contributed by atoms with Crippen molar-refractivity contribution in [3.05, 3.63) is 45.7 Å². The zero-order chi connectivity index (χ0) is 22.1. The van der Waals surface area contributed by atoms with Crippen LogP contribution in [0.3, 0.4) is 0 Å². The van der Waals surface area contributed by atoms with Crippen LogP contribution in [0.15, 0.2) is 33.8 Å². The van der Waals surface area contributed by atoms with Gasteiger partial charge < -0.3 is 19.9 Å². The molecular weight excluding hydrogens is 412 g/mol. The number of nitrogens with zero attached hydrogens (tertiary/aromatic N) is 4. The summed E-state index contributed by atoms with van der Waals surface area (Å²) < 4.78 is 10.6. The highest BCUT2D eigenvalue weighted by Gasteiger charge is 2.09. The lowest BCUT2D eigenvalue weighted by molar-refractivity contribution is 0.374. The van der Waals surface area contributed by atoms with Gasteiger partial charge in [0.1, 0.15) is 5.75 Å². The molecule has 0 aliphatic rings. The number of aliphatic imine (C=N–C) groups is 1. The van der Waals surface area contributed by atoms with Gasteiger partial charge in [-0.15, -0.1) is 11.3 Å². The van der Waals surface area contributed by atoms with Gasteiger partial charge in [-0.2, -0.15) is 4.98 Å². The Hall–Kier alpha value is -2.94. The summed E-state index contributed by atoms with van der Waals surface area (Å²) >= 11 is 1.72. The monoisotopic (exact) mass is 442 g/mol. The van der Waals surface area contributed by atoms with Gasteiger partial charge in [-0.25, -0.2) is 4.98 Å². The summed E-state index contributed by atoms with van der Waals surface area (Å²) in [6.07, 6.45) is 3.88. The third-order valence-corrected chi connectivity index (χ3v) is 5.89. The number of rotatable bonds is 10. The van der Waals surface area contributed by atoms with Gasteiger partial charge >= 0.3 is 0 Å². The van der Waals surface area contributed by atoms with Crippen LogP contribution < -0.4 is 15.4 Å². The Morgan fingerprint density at radius 2 is 1.90 bits per heavy atom. The summed E-state index contributed by atoms with van der Waals surface area (Å²) in [6, 6.07) is 7.64. The quantitative estimate of drug-likeness (QED) is 0.279. The van der Waals surface area contributed by atoms with E-state index in [4.69, 9.17) is 9.26 Å². The second-order valence-electron chi connectivity index (χ2n) is 7.14. The molecule has 0 radical (unpaired) electrons. The van der Waals surface area contributed by atoms with Crippen LogP contribution in [-0.4, -0.2) is 41.8 Å². The van der Waals surface area contributed by atoms with Crippen molar-refractivity contribution in [2.24, 2.45) is 4.99 Å². The van der Waals surface area contributed by atoms with Crippen LogP contribution >= 0.6 is 11.3 Å². The number of guanidine groups is 1. The minimum atomic E-state index is 0.612. The third kappa shape index (κ3) is 6.78. The first-order valence-corrected chi connectivity index (χ1v) is 11.2. The third-order valence-electron chi connectivity index (χ3n) is 4.82. The first-order valence-electron chi connectivity index (χ1n) is 10.4. The van der Waals surface area contributed by atoms with Crippen molar-refractivity contribution in [3.63, 3.8) is 0 Å². The number of methoxy groups -OCH3 is 1. The topological polar surface area (TPSA) is 97.5 Å². The molecule has 0 aliphatic heterocycles. The van der Waals surface area contributed by atoms with Crippen LogP contribution in [0.5, 0.6) is 5.75 Å². The minimum absolute atomic E-state index is 0.612. The largest absolute Gasteiger partial charge is 0.497 e. The lowest BCUT2D eigenvalue weighted by Crippen LogP contribution is -2.37. The fraction of sp³-hybridized carbons (Fsp3) is 0.455. The van der Waals surface area contributed by atoms with E-state index in [1.807, 2.05) is 38.1 Å². The van der Waals surface area contributed by atoms with Crippen LogP contribution in [-0.2, 0) is 13.0 Å². The molecule has 2 N–H and O–H groups in total. The number of benzene rings is 1. The zero-order valence-electron chi connectivity index (χ0n) is 18.6. The maximum absolute atomic E-state index is 5.38. The van der Waals surface area contributed by atoms with Crippen LogP contribution in [0.2, 0.25) is 0 Å². The Labute approximate surface area is 187 Å². The summed E-state index contributed by atoms with van der Waals surface area (Å²) in [5.41, 5.74) is 2.00. The number of aryl methyl sites for hydroxylation is 3. The summed E-state index contributed by atoms with van der Waals surface area (Å²) in [6.45, 7) is 5.68. The van der Waals surface area contributed by atoms with Gasteiger partial charge in [-0.3, -0.25) is 4.99 Å². The Balaban J connectivity index is 1.32. The molecule has 166 valence electrons. The standard InChI is InChI=1S/C22H30N6O2S/c1-15-19(31-16(2)26-15)14-25-22(23-3)24-13-7-5-6-8-20-27-21(28-30-20)17-9-11-18(29-4)12-10-17/h9-12H,5-8,13-14H2,1-4H3,(H2,23,24,25). The molecular formula is C22H30N6O2S. The highest BCUT2D eigenvalue weighted by atomic mass is 32.1. The molecule has 3 aromatic rings. The van der Waals surface area contributed by atoms with Gasteiger partial charge in [0.05, 0.1) is 24.4 Å². The molecule has 1 aromatic carbocycles. The maximum Gasteiger partial charge on any atom is 0.226 e. The molecule has 3 rings (SSSR count). The Bertz CT molecular complexity index is 980.